The maximum Gasteiger partial charge on any atom is 0.271 e. The van der Waals surface area contributed by atoms with Crippen molar-refractivity contribution in [3.05, 3.63) is 29.3 Å². The summed E-state index contributed by atoms with van der Waals surface area (Å²) in [7, 11) is -3.86. The highest BCUT2D eigenvalue weighted by molar-refractivity contribution is 7.96. The van der Waals surface area contributed by atoms with Crippen LogP contribution in [0.15, 0.2) is 29.2 Å². The van der Waals surface area contributed by atoms with Crippen molar-refractivity contribution in [1.29, 1.82) is 5.26 Å². The zero-order chi connectivity index (χ0) is 9.19. The monoisotopic (exact) mass is 201 g/mol. The van der Waals surface area contributed by atoms with Crippen molar-refractivity contribution in [2.45, 2.75) is 4.90 Å². The number of halogens is 1. The van der Waals surface area contributed by atoms with E-state index in [1.807, 2.05) is 0 Å². The van der Waals surface area contributed by atoms with Crippen molar-refractivity contribution >= 4 is 21.4 Å². The third-order valence-electron chi connectivity index (χ3n) is 1.25. The normalized spacial score (nSPS) is 10.7. The van der Waals surface area contributed by atoms with Crippen molar-refractivity contribution in [2.24, 2.45) is 0 Å². The Balaban J connectivity index is 3.43. The summed E-state index contributed by atoms with van der Waals surface area (Å²) in [5.41, 5.74) is 0. The van der Waals surface area contributed by atoms with Crippen LogP contribution in [0.2, 0.25) is 5.02 Å². The number of hydrogen-bond donors (Lipinski definition) is 0. The Labute approximate surface area is 75.1 Å². The molecule has 0 aliphatic carbocycles. The summed E-state index contributed by atoms with van der Waals surface area (Å²) in [6.07, 6.45) is 0. The van der Waals surface area contributed by atoms with Crippen LogP contribution in [0.5, 0.6) is 0 Å². The Hall–Kier alpha value is -1.05. The fourth-order valence-electron chi connectivity index (χ4n) is 0.712. The van der Waals surface area contributed by atoms with Crippen molar-refractivity contribution in [1.82, 2.24) is 0 Å². The molecule has 5 heteroatoms. The second-order valence-corrected chi connectivity index (χ2v) is 4.06. The van der Waals surface area contributed by atoms with Crippen LogP contribution in [-0.4, -0.2) is 8.42 Å². The summed E-state index contributed by atoms with van der Waals surface area (Å²) >= 11 is 5.56. The number of benzene rings is 1. The summed E-state index contributed by atoms with van der Waals surface area (Å²) in [6, 6.07) is 5.82. The molecule has 0 saturated carbocycles. The number of nitriles is 1. The Kier molecular flexibility index (Phi) is 2.36. The van der Waals surface area contributed by atoms with E-state index in [9.17, 15) is 8.42 Å². The van der Waals surface area contributed by atoms with Gasteiger partial charge in [0.25, 0.3) is 9.84 Å². The van der Waals surface area contributed by atoms with Gasteiger partial charge in [-0.3, -0.25) is 0 Å². The molecule has 0 heterocycles. The summed E-state index contributed by atoms with van der Waals surface area (Å²) < 4.78 is 22.0. The van der Waals surface area contributed by atoms with Gasteiger partial charge in [0.05, 0.1) is 5.02 Å². The molecule has 0 bridgehead atoms. The first-order valence-electron chi connectivity index (χ1n) is 2.98. The van der Waals surface area contributed by atoms with Crippen LogP contribution in [0.3, 0.4) is 0 Å². The van der Waals surface area contributed by atoms with Crippen LogP contribution >= 0.6 is 11.6 Å². The Morgan fingerprint density at radius 1 is 1.33 bits per heavy atom. The third-order valence-corrected chi connectivity index (χ3v) is 2.86. The van der Waals surface area contributed by atoms with E-state index in [0.29, 0.717) is 0 Å². The average Bonchev–Trinajstić information content (AvgIpc) is 2.05. The summed E-state index contributed by atoms with van der Waals surface area (Å²) in [5.74, 6) is 0. The molecule has 3 nitrogen and oxygen atoms in total. The average molecular weight is 202 g/mol. The molecule has 1 rings (SSSR count). The van der Waals surface area contributed by atoms with Gasteiger partial charge < -0.3 is 0 Å². The third kappa shape index (κ3) is 1.58. The van der Waals surface area contributed by atoms with E-state index in [-0.39, 0.29) is 9.92 Å². The molecule has 0 aromatic heterocycles. The highest BCUT2D eigenvalue weighted by Crippen LogP contribution is 2.20. The SMILES string of the molecule is N#CS(=O)(=O)c1ccccc1Cl. The van der Waals surface area contributed by atoms with Crippen LogP contribution < -0.4 is 0 Å². The highest BCUT2D eigenvalue weighted by Gasteiger charge is 2.15. The number of nitrogens with zero attached hydrogens (tertiary/aromatic N) is 1. The van der Waals surface area contributed by atoms with Crippen molar-refractivity contribution in [2.75, 3.05) is 0 Å². The quantitative estimate of drug-likeness (QED) is 0.512. The van der Waals surface area contributed by atoms with E-state index in [1.165, 1.54) is 23.6 Å². The lowest BCUT2D eigenvalue weighted by atomic mass is 10.4. The first-order chi connectivity index (χ1) is 5.58. The lowest BCUT2D eigenvalue weighted by molar-refractivity contribution is 0.605. The van der Waals surface area contributed by atoms with Crippen molar-refractivity contribution < 1.29 is 8.42 Å². The van der Waals surface area contributed by atoms with E-state index in [2.05, 4.69) is 0 Å². The molecule has 0 radical (unpaired) electrons. The molecule has 0 aliphatic heterocycles. The van der Waals surface area contributed by atoms with Gasteiger partial charge in [-0.25, -0.2) is 8.42 Å². The predicted octanol–water partition coefficient (Wildman–Crippen LogP) is 1.59. The predicted molar refractivity (Wildman–Crippen MR) is 44.3 cm³/mol. The summed E-state index contributed by atoms with van der Waals surface area (Å²) in [4.78, 5) is -0.144. The minimum atomic E-state index is -3.86. The Morgan fingerprint density at radius 3 is 2.42 bits per heavy atom. The zero-order valence-electron chi connectivity index (χ0n) is 5.86. The van der Waals surface area contributed by atoms with Gasteiger partial charge in [-0.1, -0.05) is 23.7 Å². The van der Waals surface area contributed by atoms with Gasteiger partial charge in [0.2, 0.25) is 0 Å². The zero-order valence-corrected chi connectivity index (χ0v) is 7.43. The van der Waals surface area contributed by atoms with Gasteiger partial charge in [-0.2, -0.15) is 5.26 Å². The smallest absolute Gasteiger partial charge is 0.208 e. The molecule has 0 atom stereocenters. The molecule has 0 aliphatic rings. The molecular formula is C7H4ClNO2S. The van der Waals surface area contributed by atoms with E-state index in [4.69, 9.17) is 16.9 Å². The second kappa shape index (κ2) is 3.13. The topological polar surface area (TPSA) is 57.9 Å². The standard InChI is InChI=1S/C7H4ClNO2S/c8-6-3-1-2-4-7(6)12(10,11)5-9/h1-4H. The van der Waals surface area contributed by atoms with Crippen LogP contribution in [0.25, 0.3) is 0 Å². The van der Waals surface area contributed by atoms with Gasteiger partial charge in [0, 0.05) is 0 Å². The molecule has 12 heavy (non-hydrogen) atoms. The van der Waals surface area contributed by atoms with Crippen LogP contribution in [0, 0.1) is 10.7 Å². The highest BCUT2D eigenvalue weighted by atomic mass is 35.5. The molecule has 0 saturated heterocycles. The Morgan fingerprint density at radius 2 is 1.92 bits per heavy atom. The number of thiocyanates is 1. The largest absolute Gasteiger partial charge is 0.271 e. The fraction of sp³-hybridized carbons (Fsp3) is 0. The molecule has 62 valence electrons. The lowest BCUT2D eigenvalue weighted by Crippen LogP contribution is -1.96. The van der Waals surface area contributed by atoms with Crippen LogP contribution in [0.4, 0.5) is 0 Å². The molecule has 0 spiro atoms. The maximum atomic E-state index is 11.0. The van der Waals surface area contributed by atoms with Crippen molar-refractivity contribution in [3.63, 3.8) is 0 Å². The van der Waals surface area contributed by atoms with Crippen LogP contribution in [-0.2, 0) is 9.84 Å². The number of rotatable bonds is 1. The molecule has 0 N–H and O–H groups in total. The summed E-state index contributed by atoms with van der Waals surface area (Å²) in [5, 5.41) is 9.53. The van der Waals surface area contributed by atoms with E-state index < -0.39 is 9.84 Å². The number of hydrogen-bond acceptors (Lipinski definition) is 3. The first-order valence-corrected chi connectivity index (χ1v) is 4.84. The van der Waals surface area contributed by atoms with E-state index in [1.54, 1.807) is 6.07 Å². The minimum absolute atomic E-state index is 0.0686. The van der Waals surface area contributed by atoms with Gasteiger partial charge in [-0.15, -0.1) is 0 Å². The van der Waals surface area contributed by atoms with Gasteiger partial charge >= 0.3 is 0 Å². The molecular weight excluding hydrogens is 198 g/mol. The van der Waals surface area contributed by atoms with E-state index in [0.717, 1.165) is 0 Å². The lowest BCUT2D eigenvalue weighted by Gasteiger charge is -1.96. The summed E-state index contributed by atoms with van der Waals surface area (Å²) in [6.45, 7) is 0. The van der Waals surface area contributed by atoms with E-state index >= 15 is 0 Å². The van der Waals surface area contributed by atoms with Crippen molar-refractivity contribution in [3.8, 4) is 5.40 Å². The second-order valence-electron chi connectivity index (χ2n) is 2.03. The first kappa shape index (κ1) is 9.04. The minimum Gasteiger partial charge on any atom is -0.208 e. The molecule has 0 fully saturated rings. The Bertz CT molecular complexity index is 433. The molecule has 1 aromatic rings. The fourth-order valence-corrected chi connectivity index (χ4v) is 1.83. The molecule has 1 aromatic carbocycles. The van der Waals surface area contributed by atoms with Crippen LogP contribution in [0.1, 0.15) is 0 Å². The number of sulfone groups is 1. The molecule has 0 amide bonds. The molecule has 0 unspecified atom stereocenters. The maximum absolute atomic E-state index is 11.0. The van der Waals surface area contributed by atoms with Gasteiger partial charge in [0.1, 0.15) is 4.90 Å². The van der Waals surface area contributed by atoms with Gasteiger partial charge in [-0.05, 0) is 12.1 Å². The van der Waals surface area contributed by atoms with Gasteiger partial charge in [0.15, 0.2) is 5.40 Å².